The maximum Gasteiger partial charge on any atom is 0.233 e. The molecule has 0 spiro atoms. The van der Waals surface area contributed by atoms with E-state index in [1.165, 1.54) is 0 Å². The van der Waals surface area contributed by atoms with Crippen molar-refractivity contribution in [3.63, 3.8) is 0 Å². The van der Waals surface area contributed by atoms with Gasteiger partial charge in [0.15, 0.2) is 11.5 Å². The lowest BCUT2D eigenvalue weighted by molar-refractivity contribution is -0.128. The molecule has 3 rings (SSSR count). The zero-order valence-electron chi connectivity index (χ0n) is 13.8. The molecule has 6 heteroatoms. The van der Waals surface area contributed by atoms with Crippen molar-refractivity contribution < 1.29 is 14.3 Å². The van der Waals surface area contributed by atoms with Gasteiger partial charge in [-0.05, 0) is 43.8 Å². The number of amides is 1. The first-order chi connectivity index (χ1) is 11.2. The van der Waals surface area contributed by atoms with Gasteiger partial charge in [0.2, 0.25) is 12.7 Å². The van der Waals surface area contributed by atoms with Crippen LogP contribution in [0.5, 0.6) is 11.5 Å². The lowest BCUT2D eigenvalue weighted by Crippen LogP contribution is -2.32. The Kier molecular flexibility index (Phi) is 5.33. The van der Waals surface area contributed by atoms with Crippen LogP contribution in [0.25, 0.3) is 0 Å². The van der Waals surface area contributed by atoms with Gasteiger partial charge in [-0.3, -0.25) is 4.79 Å². The summed E-state index contributed by atoms with van der Waals surface area (Å²) in [5.74, 6) is 2.36. The molecule has 126 valence electrons. The summed E-state index contributed by atoms with van der Waals surface area (Å²) in [5.41, 5.74) is 1.12. The number of hydrogen-bond donors (Lipinski definition) is 0. The number of rotatable bonds is 7. The highest BCUT2D eigenvalue weighted by atomic mass is 32.2. The van der Waals surface area contributed by atoms with Crippen molar-refractivity contribution in [1.29, 1.82) is 0 Å². The second kappa shape index (κ2) is 7.45. The normalized spacial score (nSPS) is 19.9. The zero-order chi connectivity index (χ0) is 16.2. The van der Waals surface area contributed by atoms with Crippen LogP contribution in [0.2, 0.25) is 0 Å². The number of carbonyl (C=O) groups excluding carboxylic acids is 1. The smallest absolute Gasteiger partial charge is 0.233 e. The minimum Gasteiger partial charge on any atom is -0.454 e. The quantitative estimate of drug-likeness (QED) is 0.766. The van der Waals surface area contributed by atoms with Gasteiger partial charge in [-0.1, -0.05) is 19.9 Å². The average molecular weight is 336 g/mol. The van der Waals surface area contributed by atoms with Gasteiger partial charge in [-0.2, -0.15) is 0 Å². The lowest BCUT2D eigenvalue weighted by Gasteiger charge is -2.26. The maximum atomic E-state index is 12.2. The van der Waals surface area contributed by atoms with Crippen molar-refractivity contribution in [1.82, 2.24) is 9.80 Å². The molecule has 23 heavy (non-hydrogen) atoms. The number of hydrogen-bond acceptors (Lipinski definition) is 5. The predicted octanol–water partition coefficient (Wildman–Crippen LogP) is 2.72. The largest absolute Gasteiger partial charge is 0.454 e. The fourth-order valence-electron chi connectivity index (χ4n) is 3.04. The molecule has 0 radical (unpaired) electrons. The van der Waals surface area contributed by atoms with Crippen LogP contribution in [-0.2, 0) is 4.79 Å². The van der Waals surface area contributed by atoms with Crippen molar-refractivity contribution in [2.75, 3.05) is 38.7 Å². The predicted molar refractivity (Wildman–Crippen MR) is 91.9 cm³/mol. The molecule has 1 fully saturated rings. The molecule has 0 N–H and O–H groups in total. The summed E-state index contributed by atoms with van der Waals surface area (Å²) in [5, 5.41) is 0.0914. The van der Waals surface area contributed by atoms with Crippen LogP contribution in [0.15, 0.2) is 18.2 Å². The Labute approximate surface area is 141 Å². The summed E-state index contributed by atoms with van der Waals surface area (Å²) in [6.07, 6.45) is 1.01. The Morgan fingerprint density at radius 2 is 2.04 bits per heavy atom. The van der Waals surface area contributed by atoms with Crippen molar-refractivity contribution in [3.8, 4) is 11.5 Å². The molecule has 0 aliphatic carbocycles. The van der Waals surface area contributed by atoms with Crippen LogP contribution in [0.4, 0.5) is 0 Å². The molecule has 0 aromatic heterocycles. The summed E-state index contributed by atoms with van der Waals surface area (Å²) in [6.45, 7) is 8.60. The van der Waals surface area contributed by atoms with Crippen LogP contribution in [-0.4, -0.2) is 54.4 Å². The fourth-order valence-corrected chi connectivity index (χ4v) is 4.25. The highest BCUT2D eigenvalue weighted by Gasteiger charge is 2.33. The van der Waals surface area contributed by atoms with Gasteiger partial charge in [0.1, 0.15) is 5.37 Å². The Balaban J connectivity index is 1.65. The maximum absolute atomic E-state index is 12.2. The van der Waals surface area contributed by atoms with Gasteiger partial charge in [0.25, 0.3) is 0 Å². The molecule has 1 aromatic carbocycles. The molecule has 0 unspecified atom stereocenters. The first-order valence-electron chi connectivity index (χ1n) is 8.26. The summed E-state index contributed by atoms with van der Waals surface area (Å²) >= 11 is 1.69. The number of fused-ring (bicyclic) bond motifs is 1. The van der Waals surface area contributed by atoms with Crippen molar-refractivity contribution >= 4 is 17.7 Å². The Morgan fingerprint density at radius 1 is 1.26 bits per heavy atom. The van der Waals surface area contributed by atoms with Crippen LogP contribution in [0, 0.1) is 0 Å². The number of thioether (sulfide) groups is 1. The number of nitrogens with zero attached hydrogens (tertiary/aromatic N) is 2. The minimum absolute atomic E-state index is 0.0914. The Morgan fingerprint density at radius 3 is 2.83 bits per heavy atom. The average Bonchev–Trinajstić information content (AvgIpc) is 3.17. The summed E-state index contributed by atoms with van der Waals surface area (Å²) < 4.78 is 10.8. The topological polar surface area (TPSA) is 42.0 Å². The van der Waals surface area contributed by atoms with Crippen LogP contribution in [0.3, 0.4) is 0 Å². The zero-order valence-corrected chi connectivity index (χ0v) is 14.6. The first kappa shape index (κ1) is 16.5. The van der Waals surface area contributed by atoms with E-state index in [4.69, 9.17) is 9.47 Å². The number of benzene rings is 1. The van der Waals surface area contributed by atoms with E-state index >= 15 is 0 Å². The first-order valence-corrected chi connectivity index (χ1v) is 9.30. The SMILES string of the molecule is CCN(CC)CCCN1C(=O)CS[C@@H]1c1ccc2c(c1)OCO2. The van der Waals surface area contributed by atoms with E-state index in [0.717, 1.165) is 49.7 Å². The standard InChI is InChI=1S/C17H24N2O3S/c1-3-18(4-2)8-5-9-19-16(20)11-23-17(19)13-6-7-14-15(10-13)22-12-21-14/h6-7,10,17H,3-5,8-9,11-12H2,1-2H3/t17-/m1/s1. The summed E-state index contributed by atoms with van der Waals surface area (Å²) in [6, 6.07) is 5.99. The van der Waals surface area contributed by atoms with Gasteiger partial charge >= 0.3 is 0 Å². The van der Waals surface area contributed by atoms with Gasteiger partial charge in [-0.25, -0.2) is 0 Å². The molecule has 5 nitrogen and oxygen atoms in total. The second-order valence-electron chi connectivity index (χ2n) is 5.74. The van der Waals surface area contributed by atoms with Crippen LogP contribution in [0.1, 0.15) is 31.2 Å². The third-order valence-corrected chi connectivity index (χ3v) is 5.67. The molecule has 1 aromatic rings. The molecule has 1 saturated heterocycles. The molecule has 0 bridgehead atoms. The van der Waals surface area contributed by atoms with E-state index in [1.807, 2.05) is 23.1 Å². The third-order valence-electron chi connectivity index (χ3n) is 4.42. The summed E-state index contributed by atoms with van der Waals surface area (Å²) in [4.78, 5) is 16.6. The lowest BCUT2D eigenvalue weighted by atomic mass is 10.1. The molecule has 2 aliphatic rings. The Bertz CT molecular complexity index is 563. The molecule has 0 saturated carbocycles. The molecular weight excluding hydrogens is 312 g/mol. The highest BCUT2D eigenvalue weighted by molar-refractivity contribution is 8.00. The van der Waals surface area contributed by atoms with Crippen LogP contribution < -0.4 is 9.47 Å². The van der Waals surface area contributed by atoms with Crippen molar-refractivity contribution in [3.05, 3.63) is 23.8 Å². The number of carbonyl (C=O) groups is 1. The Hall–Kier alpha value is -1.40. The third kappa shape index (κ3) is 3.58. The molecule has 1 amide bonds. The fraction of sp³-hybridized carbons (Fsp3) is 0.588. The van der Waals surface area contributed by atoms with E-state index < -0.39 is 0 Å². The van der Waals surface area contributed by atoms with E-state index in [1.54, 1.807) is 11.8 Å². The second-order valence-corrected chi connectivity index (χ2v) is 6.81. The van der Waals surface area contributed by atoms with Crippen LogP contribution >= 0.6 is 11.8 Å². The molecule has 2 aliphatic heterocycles. The molecule has 2 heterocycles. The van der Waals surface area contributed by atoms with Gasteiger partial charge in [-0.15, -0.1) is 11.8 Å². The van der Waals surface area contributed by atoms with E-state index in [0.29, 0.717) is 5.75 Å². The van der Waals surface area contributed by atoms with Gasteiger partial charge in [0, 0.05) is 6.54 Å². The molecular formula is C17H24N2O3S. The van der Waals surface area contributed by atoms with Crippen molar-refractivity contribution in [2.24, 2.45) is 0 Å². The molecule has 1 atom stereocenters. The van der Waals surface area contributed by atoms with Gasteiger partial charge < -0.3 is 19.3 Å². The van der Waals surface area contributed by atoms with E-state index in [-0.39, 0.29) is 18.1 Å². The van der Waals surface area contributed by atoms with Gasteiger partial charge in [0.05, 0.1) is 5.75 Å². The number of ether oxygens (including phenoxy) is 2. The monoisotopic (exact) mass is 336 g/mol. The van der Waals surface area contributed by atoms with E-state index in [2.05, 4.69) is 18.7 Å². The van der Waals surface area contributed by atoms with Crippen molar-refractivity contribution in [2.45, 2.75) is 25.6 Å². The van der Waals surface area contributed by atoms with E-state index in [9.17, 15) is 4.79 Å². The summed E-state index contributed by atoms with van der Waals surface area (Å²) in [7, 11) is 0. The highest BCUT2D eigenvalue weighted by Crippen LogP contribution is 2.42. The minimum atomic E-state index is 0.0914.